The van der Waals surface area contributed by atoms with Crippen LogP contribution in [0.3, 0.4) is 0 Å². The molecular formula is C11H13N3O2S. The summed E-state index contributed by atoms with van der Waals surface area (Å²) in [5.41, 5.74) is 6.38. The minimum atomic E-state index is 0.393. The van der Waals surface area contributed by atoms with E-state index in [0.717, 1.165) is 27.1 Å². The minimum Gasteiger partial charge on any atom is -0.497 e. The summed E-state index contributed by atoms with van der Waals surface area (Å²) in [6.45, 7) is 0.393. The molecule has 6 heteroatoms. The first kappa shape index (κ1) is 11.8. The highest BCUT2D eigenvalue weighted by atomic mass is 32.1. The van der Waals surface area contributed by atoms with Gasteiger partial charge in [-0.3, -0.25) is 0 Å². The average molecular weight is 251 g/mol. The largest absolute Gasteiger partial charge is 0.497 e. The Kier molecular flexibility index (Phi) is 3.55. The van der Waals surface area contributed by atoms with Crippen LogP contribution in [0.15, 0.2) is 18.2 Å². The van der Waals surface area contributed by atoms with Crippen molar-refractivity contribution in [3.05, 3.63) is 23.2 Å². The molecule has 0 bridgehead atoms. The third-order valence-electron chi connectivity index (χ3n) is 2.28. The lowest BCUT2D eigenvalue weighted by Crippen LogP contribution is -1.94. The van der Waals surface area contributed by atoms with Crippen LogP contribution >= 0.6 is 11.3 Å². The number of hydrogen-bond acceptors (Lipinski definition) is 6. The predicted molar refractivity (Wildman–Crippen MR) is 66.3 cm³/mol. The molecule has 0 radical (unpaired) electrons. The molecule has 1 heterocycles. The fourth-order valence-electron chi connectivity index (χ4n) is 1.43. The van der Waals surface area contributed by atoms with Gasteiger partial charge in [-0.2, -0.15) is 0 Å². The SMILES string of the molecule is COc1ccc(OC)c(-c2nnc(CN)s2)c1. The van der Waals surface area contributed by atoms with Gasteiger partial charge in [0.15, 0.2) is 5.01 Å². The van der Waals surface area contributed by atoms with Gasteiger partial charge in [-0.25, -0.2) is 0 Å². The van der Waals surface area contributed by atoms with Gasteiger partial charge in [-0.1, -0.05) is 11.3 Å². The molecule has 1 aromatic carbocycles. The Morgan fingerprint density at radius 2 is 2.06 bits per heavy atom. The fraction of sp³-hybridized carbons (Fsp3) is 0.273. The molecule has 0 saturated carbocycles. The van der Waals surface area contributed by atoms with Crippen LogP contribution in [0, 0.1) is 0 Å². The van der Waals surface area contributed by atoms with Crippen molar-refractivity contribution in [2.75, 3.05) is 14.2 Å². The normalized spacial score (nSPS) is 10.3. The van der Waals surface area contributed by atoms with Gasteiger partial charge in [-0.05, 0) is 18.2 Å². The molecule has 0 aliphatic carbocycles. The van der Waals surface area contributed by atoms with Crippen molar-refractivity contribution in [1.29, 1.82) is 0 Å². The smallest absolute Gasteiger partial charge is 0.151 e. The van der Waals surface area contributed by atoms with Crippen LogP contribution in [0.4, 0.5) is 0 Å². The molecule has 0 aliphatic heterocycles. The van der Waals surface area contributed by atoms with E-state index in [-0.39, 0.29) is 0 Å². The Labute approximate surface area is 103 Å². The lowest BCUT2D eigenvalue weighted by atomic mass is 10.2. The lowest BCUT2D eigenvalue weighted by molar-refractivity contribution is 0.404. The van der Waals surface area contributed by atoms with E-state index in [1.165, 1.54) is 11.3 Å². The number of aromatic nitrogens is 2. The first-order valence-corrected chi connectivity index (χ1v) is 5.85. The predicted octanol–water partition coefficient (Wildman–Crippen LogP) is 1.68. The Hall–Kier alpha value is -1.66. The molecule has 0 saturated heterocycles. The maximum absolute atomic E-state index is 5.52. The molecule has 2 rings (SSSR count). The minimum absolute atomic E-state index is 0.393. The number of nitrogens with two attached hydrogens (primary N) is 1. The fourth-order valence-corrected chi connectivity index (χ4v) is 2.17. The summed E-state index contributed by atoms with van der Waals surface area (Å²) in [5, 5.41) is 9.66. The summed E-state index contributed by atoms with van der Waals surface area (Å²) in [7, 11) is 3.24. The van der Waals surface area contributed by atoms with Gasteiger partial charge >= 0.3 is 0 Å². The molecule has 0 spiro atoms. The number of methoxy groups -OCH3 is 2. The van der Waals surface area contributed by atoms with Crippen molar-refractivity contribution in [3.63, 3.8) is 0 Å². The molecule has 0 unspecified atom stereocenters. The first-order chi connectivity index (χ1) is 8.28. The van der Waals surface area contributed by atoms with Gasteiger partial charge in [0.05, 0.1) is 19.8 Å². The third-order valence-corrected chi connectivity index (χ3v) is 3.26. The molecule has 5 nitrogen and oxygen atoms in total. The van der Waals surface area contributed by atoms with Crippen LogP contribution in [-0.4, -0.2) is 24.4 Å². The second-order valence-corrected chi connectivity index (χ2v) is 4.33. The molecular weight excluding hydrogens is 238 g/mol. The van der Waals surface area contributed by atoms with Gasteiger partial charge in [0, 0.05) is 6.54 Å². The summed E-state index contributed by atoms with van der Waals surface area (Å²) in [4.78, 5) is 0. The van der Waals surface area contributed by atoms with E-state index in [1.807, 2.05) is 18.2 Å². The number of hydrogen-bond donors (Lipinski definition) is 1. The van der Waals surface area contributed by atoms with Gasteiger partial charge in [0.1, 0.15) is 16.5 Å². The second kappa shape index (κ2) is 5.11. The van der Waals surface area contributed by atoms with Crippen molar-refractivity contribution in [2.45, 2.75) is 6.54 Å². The Bertz CT molecular complexity index is 513. The number of rotatable bonds is 4. The maximum atomic E-state index is 5.52. The average Bonchev–Trinajstić information content (AvgIpc) is 2.86. The van der Waals surface area contributed by atoms with E-state index in [9.17, 15) is 0 Å². The highest BCUT2D eigenvalue weighted by Gasteiger charge is 2.12. The molecule has 0 atom stereocenters. The molecule has 2 aromatic rings. The molecule has 0 aliphatic rings. The van der Waals surface area contributed by atoms with Crippen molar-refractivity contribution in [1.82, 2.24) is 10.2 Å². The zero-order chi connectivity index (χ0) is 12.3. The van der Waals surface area contributed by atoms with E-state index in [2.05, 4.69) is 10.2 Å². The maximum Gasteiger partial charge on any atom is 0.151 e. The van der Waals surface area contributed by atoms with Crippen LogP contribution in [-0.2, 0) is 6.54 Å². The Morgan fingerprint density at radius 1 is 1.24 bits per heavy atom. The Morgan fingerprint density at radius 3 is 2.65 bits per heavy atom. The number of benzene rings is 1. The van der Waals surface area contributed by atoms with E-state index < -0.39 is 0 Å². The van der Waals surface area contributed by atoms with E-state index in [4.69, 9.17) is 15.2 Å². The molecule has 90 valence electrons. The Balaban J connectivity index is 2.47. The lowest BCUT2D eigenvalue weighted by Gasteiger charge is -2.07. The van der Waals surface area contributed by atoms with E-state index in [0.29, 0.717) is 6.54 Å². The van der Waals surface area contributed by atoms with Crippen molar-refractivity contribution in [2.24, 2.45) is 5.73 Å². The second-order valence-electron chi connectivity index (χ2n) is 3.27. The van der Waals surface area contributed by atoms with Crippen molar-refractivity contribution >= 4 is 11.3 Å². The van der Waals surface area contributed by atoms with E-state index in [1.54, 1.807) is 14.2 Å². The van der Waals surface area contributed by atoms with Crippen LogP contribution < -0.4 is 15.2 Å². The zero-order valence-corrected chi connectivity index (χ0v) is 10.5. The van der Waals surface area contributed by atoms with Crippen LogP contribution in [0.5, 0.6) is 11.5 Å². The first-order valence-electron chi connectivity index (χ1n) is 5.03. The van der Waals surface area contributed by atoms with Crippen LogP contribution in [0.25, 0.3) is 10.6 Å². The van der Waals surface area contributed by atoms with Crippen molar-refractivity contribution < 1.29 is 9.47 Å². The molecule has 17 heavy (non-hydrogen) atoms. The van der Waals surface area contributed by atoms with Gasteiger partial charge in [-0.15, -0.1) is 10.2 Å². The summed E-state index contributed by atoms with van der Waals surface area (Å²) < 4.78 is 10.5. The summed E-state index contributed by atoms with van der Waals surface area (Å²) in [5.74, 6) is 1.50. The quantitative estimate of drug-likeness (QED) is 0.895. The molecule has 2 N–H and O–H groups in total. The third kappa shape index (κ3) is 2.37. The number of ether oxygens (including phenoxy) is 2. The number of nitrogens with zero attached hydrogens (tertiary/aromatic N) is 2. The standard InChI is InChI=1S/C11H13N3O2S/c1-15-7-3-4-9(16-2)8(5-7)11-14-13-10(6-12)17-11/h3-5H,6,12H2,1-2H3. The molecule has 0 amide bonds. The van der Waals surface area contributed by atoms with E-state index >= 15 is 0 Å². The topological polar surface area (TPSA) is 70.3 Å². The highest BCUT2D eigenvalue weighted by Crippen LogP contribution is 2.34. The summed E-state index contributed by atoms with van der Waals surface area (Å²) >= 11 is 1.45. The monoisotopic (exact) mass is 251 g/mol. The highest BCUT2D eigenvalue weighted by molar-refractivity contribution is 7.14. The van der Waals surface area contributed by atoms with Gasteiger partial charge in [0.2, 0.25) is 0 Å². The van der Waals surface area contributed by atoms with Gasteiger partial charge in [0.25, 0.3) is 0 Å². The zero-order valence-electron chi connectivity index (χ0n) is 9.64. The summed E-state index contributed by atoms with van der Waals surface area (Å²) in [6, 6.07) is 5.56. The van der Waals surface area contributed by atoms with Crippen LogP contribution in [0.1, 0.15) is 5.01 Å². The van der Waals surface area contributed by atoms with Gasteiger partial charge < -0.3 is 15.2 Å². The summed E-state index contributed by atoms with van der Waals surface area (Å²) in [6.07, 6.45) is 0. The molecule has 0 fully saturated rings. The molecule has 1 aromatic heterocycles. The van der Waals surface area contributed by atoms with Crippen LogP contribution in [0.2, 0.25) is 0 Å². The van der Waals surface area contributed by atoms with Crippen molar-refractivity contribution in [3.8, 4) is 22.1 Å².